The van der Waals surface area contributed by atoms with Crippen molar-refractivity contribution in [2.45, 2.75) is 6.54 Å². The van der Waals surface area contributed by atoms with Crippen LogP contribution in [0.2, 0.25) is 15.1 Å². The molecule has 3 aromatic rings. The fraction of sp³-hybridized carbons (Fsp3) is 0.0625. The molecule has 0 aliphatic carbocycles. The Morgan fingerprint density at radius 2 is 1.71 bits per heavy atom. The number of rotatable bonds is 5. The molecule has 0 amide bonds. The monoisotopic (exact) mass is 379 g/mol. The van der Waals surface area contributed by atoms with Gasteiger partial charge in [-0.2, -0.15) is 10.1 Å². The Morgan fingerprint density at radius 1 is 0.917 bits per heavy atom. The molecule has 24 heavy (non-hydrogen) atoms. The molecule has 0 saturated heterocycles. The van der Waals surface area contributed by atoms with Gasteiger partial charge in [-0.3, -0.25) is 0 Å². The van der Waals surface area contributed by atoms with E-state index >= 15 is 0 Å². The van der Waals surface area contributed by atoms with Crippen molar-refractivity contribution in [3.63, 3.8) is 0 Å². The quantitative estimate of drug-likeness (QED) is 0.638. The summed E-state index contributed by atoms with van der Waals surface area (Å²) < 4.78 is 0. The molecule has 0 bridgehead atoms. The maximum Gasteiger partial charge on any atom is 0.244 e. The maximum absolute atomic E-state index is 6.15. The lowest BCUT2D eigenvalue weighted by atomic mass is 10.2. The molecule has 0 unspecified atom stereocenters. The van der Waals surface area contributed by atoms with Crippen LogP contribution in [0.15, 0.2) is 48.7 Å². The number of anilines is 3. The molecule has 122 valence electrons. The molecule has 0 aliphatic heterocycles. The van der Waals surface area contributed by atoms with Crippen LogP contribution in [0.5, 0.6) is 0 Å². The predicted molar refractivity (Wildman–Crippen MR) is 98.4 cm³/mol. The maximum atomic E-state index is 6.15. The van der Waals surface area contributed by atoms with E-state index in [9.17, 15) is 0 Å². The number of nitrogens with one attached hydrogen (secondary N) is 2. The molecule has 1 heterocycles. The van der Waals surface area contributed by atoms with E-state index in [1.807, 2.05) is 24.3 Å². The van der Waals surface area contributed by atoms with Crippen molar-refractivity contribution < 1.29 is 0 Å². The van der Waals surface area contributed by atoms with Crippen LogP contribution in [0.25, 0.3) is 0 Å². The van der Waals surface area contributed by atoms with Crippen LogP contribution >= 0.6 is 34.8 Å². The van der Waals surface area contributed by atoms with Crippen LogP contribution in [0.1, 0.15) is 5.56 Å². The van der Waals surface area contributed by atoms with Gasteiger partial charge >= 0.3 is 0 Å². The van der Waals surface area contributed by atoms with E-state index < -0.39 is 0 Å². The van der Waals surface area contributed by atoms with Crippen LogP contribution < -0.4 is 10.6 Å². The smallest absolute Gasteiger partial charge is 0.244 e. The zero-order valence-corrected chi connectivity index (χ0v) is 14.6. The first-order valence-corrected chi connectivity index (χ1v) is 8.15. The third-order valence-electron chi connectivity index (χ3n) is 3.17. The molecule has 2 aromatic carbocycles. The highest BCUT2D eigenvalue weighted by atomic mass is 35.5. The highest BCUT2D eigenvalue weighted by Gasteiger charge is 2.07. The molecule has 8 heteroatoms. The van der Waals surface area contributed by atoms with E-state index in [1.165, 1.54) is 6.20 Å². The van der Waals surface area contributed by atoms with Crippen LogP contribution in [0.3, 0.4) is 0 Å². The lowest BCUT2D eigenvalue weighted by Gasteiger charge is -2.10. The second-order valence-corrected chi connectivity index (χ2v) is 6.03. The third-order valence-corrected chi connectivity index (χ3v) is 4.36. The number of hydrogen-bond donors (Lipinski definition) is 2. The van der Waals surface area contributed by atoms with Crippen LogP contribution in [-0.2, 0) is 6.54 Å². The second kappa shape index (κ2) is 7.66. The standard InChI is InChI=1S/C16H12Cl3N5/c17-11-5-2-1-4-10(11)8-20-16-23-14(9-21-24-16)22-13-7-3-6-12(18)15(13)19/h1-7,9H,8H2,(H2,20,22,23,24). The molecule has 0 radical (unpaired) electrons. The summed E-state index contributed by atoms with van der Waals surface area (Å²) in [6.07, 6.45) is 1.50. The van der Waals surface area contributed by atoms with E-state index in [-0.39, 0.29) is 0 Å². The average Bonchev–Trinajstić information content (AvgIpc) is 2.59. The summed E-state index contributed by atoms with van der Waals surface area (Å²) >= 11 is 18.3. The first-order chi connectivity index (χ1) is 11.6. The molecular formula is C16H12Cl3N5. The Labute approximate surface area is 154 Å². The fourth-order valence-corrected chi connectivity index (χ4v) is 2.54. The fourth-order valence-electron chi connectivity index (χ4n) is 1.99. The lowest BCUT2D eigenvalue weighted by molar-refractivity contribution is 0.949. The van der Waals surface area contributed by atoms with E-state index in [1.54, 1.807) is 18.2 Å². The number of nitrogens with zero attached hydrogens (tertiary/aromatic N) is 3. The van der Waals surface area contributed by atoms with Gasteiger partial charge in [0.15, 0.2) is 5.82 Å². The summed E-state index contributed by atoms with van der Waals surface area (Å²) in [5.74, 6) is 0.869. The van der Waals surface area contributed by atoms with Gasteiger partial charge in [0.2, 0.25) is 5.95 Å². The van der Waals surface area contributed by atoms with Gasteiger partial charge in [-0.05, 0) is 23.8 Å². The van der Waals surface area contributed by atoms with Crippen LogP contribution in [0, 0.1) is 0 Å². The minimum Gasteiger partial charge on any atom is -0.349 e. The summed E-state index contributed by atoms with van der Waals surface area (Å²) in [6, 6.07) is 12.9. The van der Waals surface area contributed by atoms with Crippen molar-refractivity contribution in [3.05, 3.63) is 69.3 Å². The van der Waals surface area contributed by atoms with Crippen molar-refractivity contribution in [3.8, 4) is 0 Å². The summed E-state index contributed by atoms with van der Waals surface area (Å²) in [7, 11) is 0. The minimum atomic E-state index is 0.373. The highest BCUT2D eigenvalue weighted by Crippen LogP contribution is 2.31. The van der Waals surface area contributed by atoms with Gasteiger partial charge in [-0.15, -0.1) is 5.10 Å². The SMILES string of the molecule is Clc1ccccc1CNc1nncc(Nc2cccc(Cl)c2Cl)n1. The highest BCUT2D eigenvalue weighted by molar-refractivity contribution is 6.43. The number of benzene rings is 2. The zero-order valence-electron chi connectivity index (χ0n) is 12.3. The normalized spacial score (nSPS) is 10.5. The first kappa shape index (κ1) is 16.8. The van der Waals surface area contributed by atoms with Gasteiger partial charge in [-0.25, -0.2) is 0 Å². The molecule has 0 aliphatic rings. The Kier molecular flexibility index (Phi) is 5.35. The molecule has 0 saturated carbocycles. The average molecular weight is 381 g/mol. The molecular weight excluding hydrogens is 369 g/mol. The van der Waals surface area contributed by atoms with Crippen molar-refractivity contribution in [1.29, 1.82) is 0 Å². The Morgan fingerprint density at radius 3 is 2.54 bits per heavy atom. The summed E-state index contributed by atoms with van der Waals surface area (Å²) in [5, 5.41) is 15.6. The molecule has 5 nitrogen and oxygen atoms in total. The Balaban J connectivity index is 1.72. The zero-order chi connectivity index (χ0) is 16.9. The van der Waals surface area contributed by atoms with Crippen LogP contribution in [0.4, 0.5) is 17.5 Å². The van der Waals surface area contributed by atoms with Gasteiger partial charge in [0, 0.05) is 11.6 Å². The van der Waals surface area contributed by atoms with E-state index in [0.29, 0.717) is 39.1 Å². The van der Waals surface area contributed by atoms with Gasteiger partial charge in [0.25, 0.3) is 0 Å². The van der Waals surface area contributed by atoms with Crippen LogP contribution in [-0.4, -0.2) is 15.2 Å². The third kappa shape index (κ3) is 4.06. The number of aromatic nitrogens is 3. The molecule has 2 N–H and O–H groups in total. The first-order valence-electron chi connectivity index (χ1n) is 7.01. The Bertz CT molecular complexity index is 857. The van der Waals surface area contributed by atoms with Gasteiger partial charge in [0.1, 0.15) is 0 Å². The van der Waals surface area contributed by atoms with Crippen molar-refractivity contribution in [1.82, 2.24) is 15.2 Å². The van der Waals surface area contributed by atoms with E-state index in [0.717, 1.165) is 5.56 Å². The summed E-state index contributed by atoms with van der Waals surface area (Å²) in [6.45, 7) is 0.489. The van der Waals surface area contributed by atoms with E-state index in [2.05, 4.69) is 25.8 Å². The molecule has 0 fully saturated rings. The number of halogens is 3. The van der Waals surface area contributed by atoms with Gasteiger partial charge in [0.05, 0.1) is 21.9 Å². The predicted octanol–water partition coefficient (Wildman–Crippen LogP) is 5.19. The van der Waals surface area contributed by atoms with Gasteiger partial charge in [-0.1, -0.05) is 59.1 Å². The number of hydrogen-bond acceptors (Lipinski definition) is 5. The second-order valence-electron chi connectivity index (χ2n) is 4.84. The Hall–Kier alpha value is -2.08. The molecule has 1 aromatic heterocycles. The van der Waals surface area contributed by atoms with Gasteiger partial charge < -0.3 is 10.6 Å². The van der Waals surface area contributed by atoms with Crippen molar-refractivity contribution >= 4 is 52.3 Å². The summed E-state index contributed by atoms with van der Waals surface area (Å²) in [4.78, 5) is 4.34. The van der Waals surface area contributed by atoms with E-state index in [4.69, 9.17) is 34.8 Å². The summed E-state index contributed by atoms with van der Waals surface area (Å²) in [5.41, 5.74) is 1.58. The molecule has 0 atom stereocenters. The molecule has 0 spiro atoms. The lowest BCUT2D eigenvalue weighted by Crippen LogP contribution is -2.06. The largest absolute Gasteiger partial charge is 0.349 e. The van der Waals surface area contributed by atoms with Crippen molar-refractivity contribution in [2.75, 3.05) is 10.6 Å². The molecule has 3 rings (SSSR count). The van der Waals surface area contributed by atoms with Crippen molar-refractivity contribution in [2.24, 2.45) is 0 Å². The minimum absolute atomic E-state index is 0.373. The topological polar surface area (TPSA) is 62.7 Å².